The van der Waals surface area contributed by atoms with Crippen LogP contribution in [-0.2, 0) is 106 Å². The minimum Gasteiger partial charge on any atom is -0.508 e. The van der Waals surface area contributed by atoms with Crippen molar-refractivity contribution >= 4 is 153 Å². The summed E-state index contributed by atoms with van der Waals surface area (Å²) in [5.41, 5.74) is 23.9. The lowest BCUT2D eigenvalue weighted by atomic mass is 9.99. The maximum Gasteiger partial charge on any atom is 0.303 e. The number of aromatic amines is 2. The average molecular weight is 1690 g/mol. The molecule has 41 nitrogen and oxygen atoms in total. The molecule has 0 spiro atoms. The SMILES string of the molecule is CC(=O)N[C@@H](CS)C(=O)N[C@@H](CCC(N)=O)C(=O)N[C@H](C(=O)N[C@@H](Cc1c[nH]c2ccccc12)C(=O)N[C@@H](CCC(N)=O)C(=O)N[C@@H](CS)C(=O)N[C@@H](Cc1ccc(O)cc1)C(=O)N[C@@H](Cc1c[nH]c2ccccc12)C(=O)N[C@@H](CCC(C)C)C(=O)N[C@@H](CCC(=O)O)C(=O)N[C@@H](CC(N)=O)C(=O)NCC(=O)N[C@H](C(N)=O)[C@@H](C)O)[C@@H](C)O. The Kier molecular flexibility index (Phi) is 38.3. The summed E-state index contributed by atoms with van der Waals surface area (Å²) in [6.45, 7) is 6.04. The van der Waals surface area contributed by atoms with E-state index in [1.54, 1.807) is 68.6 Å². The minimum absolute atomic E-state index is 0.168. The molecule has 5 rings (SSSR count). The first-order valence-electron chi connectivity index (χ1n) is 37.4. The van der Waals surface area contributed by atoms with Gasteiger partial charge in [-0.1, -0.05) is 62.4 Å². The fraction of sp³-hybridized carbons (Fsp3) is 0.467. The van der Waals surface area contributed by atoms with E-state index in [0.717, 1.165) is 20.8 Å². The molecule has 0 saturated heterocycles. The zero-order valence-corrected chi connectivity index (χ0v) is 67.0. The van der Waals surface area contributed by atoms with Crippen LogP contribution in [0.15, 0.2) is 85.2 Å². The zero-order valence-electron chi connectivity index (χ0n) is 65.2. The number of benzene rings is 3. The first-order chi connectivity index (χ1) is 55.7. The van der Waals surface area contributed by atoms with Crippen molar-refractivity contribution in [3.63, 3.8) is 0 Å². The molecule has 17 amide bonds. The van der Waals surface area contributed by atoms with Gasteiger partial charge < -0.3 is 122 Å². The highest BCUT2D eigenvalue weighted by molar-refractivity contribution is 7.80. The number of nitrogens with two attached hydrogens (primary N) is 4. The Balaban J connectivity index is 1.47. The molecule has 0 aliphatic carbocycles. The van der Waals surface area contributed by atoms with Crippen LogP contribution in [-0.4, -0.2) is 240 Å². The molecule has 0 aliphatic heterocycles. The summed E-state index contributed by atoms with van der Waals surface area (Å²) < 4.78 is 0. The highest BCUT2D eigenvalue weighted by Gasteiger charge is 2.39. The lowest BCUT2D eigenvalue weighted by molar-refractivity contribution is -0.139. The monoisotopic (exact) mass is 1690 g/mol. The van der Waals surface area contributed by atoms with Crippen molar-refractivity contribution in [3.05, 3.63) is 102 Å². The highest BCUT2D eigenvalue weighted by atomic mass is 32.1. The van der Waals surface area contributed by atoms with Crippen molar-refractivity contribution in [2.45, 2.75) is 196 Å². The number of H-pyrrole nitrogens is 2. The number of aromatic nitrogens is 2. The normalized spacial score (nSPS) is 14.7. The Morgan fingerprint density at radius 2 is 0.771 bits per heavy atom. The Labute approximate surface area is 687 Å². The van der Waals surface area contributed by atoms with Crippen LogP contribution in [0.2, 0.25) is 0 Å². The molecule has 0 saturated carbocycles. The maximum absolute atomic E-state index is 15.2. The number of amides is 17. The fourth-order valence-corrected chi connectivity index (χ4v) is 12.6. The molecule has 0 unspecified atom stereocenters. The fourth-order valence-electron chi connectivity index (χ4n) is 12.0. The molecule has 27 N–H and O–H groups in total. The van der Waals surface area contributed by atoms with Crippen molar-refractivity contribution in [2.24, 2.45) is 28.9 Å². The van der Waals surface area contributed by atoms with Gasteiger partial charge >= 0.3 is 5.97 Å². The third-order valence-electron chi connectivity index (χ3n) is 18.4. The van der Waals surface area contributed by atoms with Crippen molar-refractivity contribution < 1.29 is 107 Å². The predicted octanol–water partition coefficient (Wildman–Crippen LogP) is -5.85. The smallest absolute Gasteiger partial charge is 0.303 e. The number of aliphatic hydroxyl groups excluding tert-OH is 2. The third-order valence-corrected chi connectivity index (χ3v) is 19.1. The van der Waals surface area contributed by atoms with Crippen LogP contribution in [0.1, 0.15) is 109 Å². The highest BCUT2D eigenvalue weighted by Crippen LogP contribution is 2.23. The second kappa shape index (κ2) is 47.0. The summed E-state index contributed by atoms with van der Waals surface area (Å²) >= 11 is 8.44. The zero-order chi connectivity index (χ0) is 87.8. The van der Waals surface area contributed by atoms with Gasteiger partial charge in [-0.2, -0.15) is 25.3 Å². The topological polar surface area (TPSA) is 680 Å². The van der Waals surface area contributed by atoms with Crippen molar-refractivity contribution in [2.75, 3.05) is 18.1 Å². The molecule has 14 atom stereocenters. The van der Waals surface area contributed by atoms with Gasteiger partial charge in [0.2, 0.25) is 100 Å². The van der Waals surface area contributed by atoms with Crippen molar-refractivity contribution in [1.82, 2.24) is 79.1 Å². The standard InChI is InChI=1S/C75H103N19O22S2/c1-35(2)14-19-47(66(107)84-50(22-25-61(103)104)67(108)90-54(29-59(78)101)65(106)82-32-60(102)93-62(36(3)95)64(79)105)85-71(112)52(27-40-30-80-45-12-8-6-10-43(40)45)89-70(111)51(26-39-15-17-42(98)18-16-39)88-74(115)56(34-118)92-68(109)48(20-23-57(76)99)86-72(113)53(28-41-31-81-46-13-9-7-11-44(41)46)91-75(116)63(37(4)96)94-69(110)49(21-24-58(77)100)87-73(114)55(33-117)83-38(5)97/h6-13,15-18,30-31,35-37,47-56,62-63,80-81,95-96,98,117-118H,14,19-29,32-34H2,1-5H3,(H2,76,99)(H2,77,100)(H2,78,101)(H2,79,105)(H,82,106)(H,83,97)(H,84,107)(H,85,112)(H,86,113)(H,87,114)(H,88,115)(H,89,111)(H,90,108)(H,91,116)(H,92,109)(H,93,102)(H,94,110)(H,103,104)/t36-,37-,47+,48+,49+,50+,51+,52+,53+,54+,55+,56+,62+,63+/m1/s1. The number of phenolic OH excluding ortho intramolecular Hbond substituents is 1. The van der Waals surface area contributed by atoms with E-state index in [-0.39, 0.29) is 43.1 Å². The molecule has 0 aliphatic rings. The lowest BCUT2D eigenvalue weighted by Crippen LogP contribution is -2.62. The van der Waals surface area contributed by atoms with E-state index < -0.39 is 255 Å². The summed E-state index contributed by atoms with van der Waals surface area (Å²) in [6.07, 6.45) is -5.68. The van der Waals surface area contributed by atoms with E-state index in [9.17, 15) is 97.1 Å². The van der Waals surface area contributed by atoms with E-state index in [1.807, 2.05) is 0 Å². The Hall–Kier alpha value is -12.4. The van der Waals surface area contributed by atoms with E-state index in [2.05, 4.69) is 104 Å². The Bertz CT molecular complexity index is 4440. The molecule has 3 aromatic carbocycles. The molecular formula is C75H103N19O22S2. The molecule has 0 fully saturated rings. The number of aliphatic hydroxyl groups is 2. The number of nitrogens with one attached hydrogen (secondary N) is 15. The number of carbonyl (C=O) groups is 18. The minimum atomic E-state index is -1.93. The second-order valence-corrected chi connectivity index (χ2v) is 29.1. The van der Waals surface area contributed by atoms with Crippen LogP contribution in [0.3, 0.4) is 0 Å². The predicted molar refractivity (Wildman–Crippen MR) is 430 cm³/mol. The summed E-state index contributed by atoms with van der Waals surface area (Å²) in [5, 5.41) is 73.4. The number of para-hydroxylation sites is 2. The van der Waals surface area contributed by atoms with Crippen LogP contribution in [0, 0.1) is 5.92 Å². The van der Waals surface area contributed by atoms with Gasteiger partial charge in [-0.3, -0.25) is 86.3 Å². The Morgan fingerprint density at radius 1 is 0.398 bits per heavy atom. The van der Waals surface area contributed by atoms with E-state index in [4.69, 9.17) is 22.9 Å². The van der Waals surface area contributed by atoms with Gasteiger partial charge in [-0.15, -0.1) is 0 Å². The van der Waals surface area contributed by atoms with Crippen LogP contribution in [0.25, 0.3) is 21.8 Å². The van der Waals surface area contributed by atoms with Gasteiger partial charge in [-0.25, -0.2) is 0 Å². The first kappa shape index (κ1) is 96.2. The van der Waals surface area contributed by atoms with Gasteiger partial charge in [-0.05, 0) is 92.8 Å². The van der Waals surface area contributed by atoms with Gasteiger partial charge in [0.15, 0.2) is 0 Å². The number of aliphatic carboxylic acids is 1. The van der Waals surface area contributed by atoms with Gasteiger partial charge in [0.05, 0.1) is 25.2 Å². The lowest BCUT2D eigenvalue weighted by Gasteiger charge is -2.29. The van der Waals surface area contributed by atoms with Gasteiger partial charge in [0.1, 0.15) is 78.3 Å². The van der Waals surface area contributed by atoms with Crippen LogP contribution in [0.4, 0.5) is 0 Å². The molecule has 642 valence electrons. The summed E-state index contributed by atoms with van der Waals surface area (Å²) in [5.74, 6) is -20.8. The van der Waals surface area contributed by atoms with E-state index in [0.29, 0.717) is 38.5 Å². The molecule has 0 radical (unpaired) electrons. The number of carboxylic acid groups (broad SMARTS) is 1. The summed E-state index contributed by atoms with van der Waals surface area (Å²) in [6, 6.07) is -1.44. The average Bonchev–Trinajstić information content (AvgIpc) is 1.65. The number of fused-ring (bicyclic) bond motifs is 2. The largest absolute Gasteiger partial charge is 0.508 e. The van der Waals surface area contributed by atoms with Gasteiger partial charge in [0.25, 0.3) is 0 Å². The number of hydrogen-bond acceptors (Lipinski definition) is 23. The van der Waals surface area contributed by atoms with Gasteiger partial charge in [0, 0.05) is 91.2 Å². The number of phenols is 1. The number of carbonyl (C=O) groups excluding carboxylic acids is 17. The number of primary amides is 4. The number of rotatable bonds is 50. The number of carboxylic acids is 1. The van der Waals surface area contributed by atoms with Crippen molar-refractivity contribution in [1.29, 1.82) is 0 Å². The number of thiol groups is 2. The first-order valence-corrected chi connectivity index (χ1v) is 38.6. The molecule has 118 heavy (non-hydrogen) atoms. The molecular weight excluding hydrogens is 1580 g/mol. The third kappa shape index (κ3) is 31.3. The number of aromatic hydroxyl groups is 1. The summed E-state index contributed by atoms with van der Waals surface area (Å²) in [7, 11) is 0. The molecule has 0 bridgehead atoms. The number of hydrogen-bond donors (Lipinski definition) is 25. The second-order valence-electron chi connectivity index (χ2n) is 28.4. The summed E-state index contributed by atoms with van der Waals surface area (Å²) in [4.78, 5) is 250. The maximum atomic E-state index is 15.2. The van der Waals surface area contributed by atoms with Crippen molar-refractivity contribution in [3.8, 4) is 5.75 Å². The van der Waals surface area contributed by atoms with E-state index >= 15 is 9.59 Å². The van der Waals surface area contributed by atoms with E-state index in [1.165, 1.54) is 30.5 Å². The molecule has 2 heterocycles. The van der Waals surface area contributed by atoms with Crippen LogP contribution < -0.4 is 92.1 Å². The van der Waals surface area contributed by atoms with Crippen LogP contribution in [0.5, 0.6) is 5.75 Å². The quantitative estimate of drug-likeness (QED) is 0.0161. The molecule has 43 heteroatoms. The van der Waals surface area contributed by atoms with Crippen LogP contribution >= 0.6 is 25.3 Å². The Morgan fingerprint density at radius 3 is 1.18 bits per heavy atom. The molecule has 5 aromatic rings. The molecule has 2 aromatic heterocycles.